The van der Waals surface area contributed by atoms with Crippen molar-refractivity contribution in [1.82, 2.24) is 20.4 Å². The highest BCUT2D eigenvalue weighted by Gasteiger charge is 2.13. The molecule has 34 heavy (non-hydrogen) atoms. The van der Waals surface area contributed by atoms with Gasteiger partial charge in [-0.05, 0) is 29.3 Å². The Labute approximate surface area is 193 Å². The fourth-order valence-electron chi connectivity index (χ4n) is 4.32. The molecule has 0 aliphatic rings. The van der Waals surface area contributed by atoms with Crippen LogP contribution in [0.2, 0.25) is 0 Å². The zero-order valence-corrected chi connectivity index (χ0v) is 17.9. The Balaban J connectivity index is 1.55. The standard InChI is InChI=1S/C28H18N4O2/c33-27-22-14-12-19(15-23(22)26(30-31-27)18-9-5-2-6-10-18)20-11-13-21-24(16-20)28(34)32-29-25(21)17-7-3-1-4-8-17/h1-16H,(H,31,33)(H,32,34). The number of rotatable bonds is 3. The first-order valence-electron chi connectivity index (χ1n) is 10.9. The highest BCUT2D eigenvalue weighted by molar-refractivity contribution is 5.99. The van der Waals surface area contributed by atoms with Crippen molar-refractivity contribution in [2.45, 2.75) is 0 Å². The van der Waals surface area contributed by atoms with Crippen LogP contribution in [-0.2, 0) is 0 Å². The summed E-state index contributed by atoms with van der Waals surface area (Å²) < 4.78 is 0. The van der Waals surface area contributed by atoms with E-state index in [1.165, 1.54) is 0 Å². The number of hydrogen-bond donors (Lipinski definition) is 2. The number of H-pyrrole nitrogens is 2. The first-order chi connectivity index (χ1) is 16.7. The first kappa shape index (κ1) is 19.8. The van der Waals surface area contributed by atoms with Crippen LogP contribution in [-0.4, -0.2) is 20.4 Å². The minimum Gasteiger partial charge on any atom is -0.267 e. The van der Waals surface area contributed by atoms with Crippen LogP contribution in [0.4, 0.5) is 0 Å². The third-order valence-corrected chi connectivity index (χ3v) is 6.00. The van der Waals surface area contributed by atoms with E-state index < -0.39 is 0 Å². The Morgan fingerprint density at radius 1 is 0.441 bits per heavy atom. The third-order valence-electron chi connectivity index (χ3n) is 6.00. The average molecular weight is 442 g/mol. The second kappa shape index (κ2) is 7.94. The fraction of sp³-hybridized carbons (Fsp3) is 0. The highest BCUT2D eigenvalue weighted by atomic mass is 16.1. The summed E-state index contributed by atoms with van der Waals surface area (Å²) in [4.78, 5) is 25.1. The second-order valence-corrected chi connectivity index (χ2v) is 8.06. The van der Waals surface area contributed by atoms with Gasteiger partial charge in [0.25, 0.3) is 11.1 Å². The summed E-state index contributed by atoms with van der Waals surface area (Å²) >= 11 is 0. The minimum atomic E-state index is -0.250. The number of aromatic amines is 2. The van der Waals surface area contributed by atoms with Gasteiger partial charge in [0.1, 0.15) is 0 Å². The molecule has 0 radical (unpaired) electrons. The van der Waals surface area contributed by atoms with Gasteiger partial charge in [0.15, 0.2) is 0 Å². The third kappa shape index (κ3) is 3.29. The van der Waals surface area contributed by atoms with E-state index in [2.05, 4.69) is 20.4 Å². The molecule has 6 rings (SSSR count). The zero-order chi connectivity index (χ0) is 23.1. The smallest absolute Gasteiger partial charge is 0.267 e. The van der Waals surface area contributed by atoms with Crippen molar-refractivity contribution in [3.63, 3.8) is 0 Å². The summed E-state index contributed by atoms with van der Waals surface area (Å²) in [5.74, 6) is 0. The lowest BCUT2D eigenvalue weighted by Gasteiger charge is -2.10. The molecule has 2 N–H and O–H groups in total. The van der Waals surface area contributed by atoms with Crippen molar-refractivity contribution in [3.8, 4) is 33.6 Å². The fourth-order valence-corrected chi connectivity index (χ4v) is 4.32. The summed E-state index contributed by atoms with van der Waals surface area (Å²) in [6.07, 6.45) is 0. The van der Waals surface area contributed by atoms with Crippen molar-refractivity contribution in [2.24, 2.45) is 0 Å². The van der Waals surface area contributed by atoms with Crippen molar-refractivity contribution >= 4 is 21.5 Å². The van der Waals surface area contributed by atoms with Gasteiger partial charge in [-0.3, -0.25) is 9.59 Å². The van der Waals surface area contributed by atoms with E-state index >= 15 is 0 Å². The Hall–Kier alpha value is -4.84. The van der Waals surface area contributed by atoms with E-state index in [0.29, 0.717) is 16.5 Å². The van der Waals surface area contributed by atoms with E-state index in [9.17, 15) is 9.59 Å². The maximum atomic E-state index is 12.7. The van der Waals surface area contributed by atoms with E-state index in [-0.39, 0.29) is 11.1 Å². The normalized spacial score (nSPS) is 11.2. The van der Waals surface area contributed by atoms with Crippen molar-refractivity contribution < 1.29 is 0 Å². The quantitative estimate of drug-likeness (QED) is 0.396. The lowest BCUT2D eigenvalue weighted by atomic mass is 9.96. The molecule has 0 unspecified atom stereocenters. The summed E-state index contributed by atoms with van der Waals surface area (Å²) in [7, 11) is 0. The molecule has 4 aromatic carbocycles. The second-order valence-electron chi connectivity index (χ2n) is 8.06. The van der Waals surface area contributed by atoms with Crippen LogP contribution in [0, 0.1) is 0 Å². The molecule has 0 bridgehead atoms. The molecule has 0 atom stereocenters. The van der Waals surface area contributed by atoms with E-state index in [4.69, 9.17) is 0 Å². The predicted molar refractivity (Wildman–Crippen MR) is 135 cm³/mol. The summed E-state index contributed by atoms with van der Waals surface area (Å²) in [6, 6.07) is 30.9. The van der Waals surface area contributed by atoms with Crippen LogP contribution in [0.1, 0.15) is 0 Å². The van der Waals surface area contributed by atoms with Gasteiger partial charge in [0.05, 0.1) is 22.2 Å². The lowest BCUT2D eigenvalue weighted by Crippen LogP contribution is -2.10. The zero-order valence-electron chi connectivity index (χ0n) is 17.9. The lowest BCUT2D eigenvalue weighted by molar-refractivity contribution is 1.02. The molecule has 6 aromatic rings. The Morgan fingerprint density at radius 2 is 0.912 bits per heavy atom. The van der Waals surface area contributed by atoms with Crippen molar-refractivity contribution in [1.29, 1.82) is 0 Å². The minimum absolute atomic E-state index is 0.241. The molecule has 6 heteroatoms. The van der Waals surface area contributed by atoms with Crippen molar-refractivity contribution in [3.05, 3.63) is 118 Å². The molecule has 0 spiro atoms. The van der Waals surface area contributed by atoms with Crippen LogP contribution >= 0.6 is 0 Å². The van der Waals surface area contributed by atoms with Crippen LogP contribution in [0.15, 0.2) is 107 Å². The average Bonchev–Trinajstić information content (AvgIpc) is 2.90. The number of aromatic nitrogens is 4. The molecule has 0 aliphatic heterocycles. The van der Waals surface area contributed by atoms with Gasteiger partial charge in [0, 0.05) is 21.9 Å². The van der Waals surface area contributed by atoms with E-state index in [0.717, 1.165) is 38.7 Å². The molecular formula is C28H18N4O2. The molecule has 0 aliphatic carbocycles. The predicted octanol–water partition coefficient (Wildman–Crippen LogP) is 5.16. The SMILES string of the molecule is O=c1[nH]nc(-c2ccccc2)c2cc(-c3ccc4c(-c5ccccc5)n[nH]c(=O)c4c3)ccc12. The largest absolute Gasteiger partial charge is 0.272 e. The van der Waals surface area contributed by atoms with E-state index in [1.54, 1.807) is 6.07 Å². The summed E-state index contributed by atoms with van der Waals surface area (Å²) in [6.45, 7) is 0. The number of fused-ring (bicyclic) bond motifs is 2. The molecular weight excluding hydrogens is 424 g/mol. The molecule has 0 amide bonds. The molecule has 2 aromatic heterocycles. The van der Waals surface area contributed by atoms with Gasteiger partial charge in [-0.2, -0.15) is 10.2 Å². The molecule has 0 saturated carbocycles. The van der Waals surface area contributed by atoms with Crippen LogP contribution in [0.3, 0.4) is 0 Å². The Bertz CT molecular complexity index is 1790. The van der Waals surface area contributed by atoms with Crippen LogP contribution < -0.4 is 11.1 Å². The Kier molecular flexibility index (Phi) is 4.63. The van der Waals surface area contributed by atoms with Gasteiger partial charge in [-0.25, -0.2) is 10.2 Å². The summed E-state index contributed by atoms with van der Waals surface area (Å²) in [5, 5.41) is 16.5. The van der Waals surface area contributed by atoms with Crippen LogP contribution in [0.25, 0.3) is 55.2 Å². The number of nitrogens with zero attached hydrogens (tertiary/aromatic N) is 2. The number of hydrogen-bond acceptors (Lipinski definition) is 4. The number of benzene rings is 4. The topological polar surface area (TPSA) is 91.5 Å². The Morgan fingerprint density at radius 3 is 1.50 bits per heavy atom. The molecule has 6 nitrogen and oxygen atoms in total. The van der Waals surface area contributed by atoms with Gasteiger partial charge >= 0.3 is 0 Å². The monoisotopic (exact) mass is 442 g/mol. The molecule has 162 valence electrons. The number of nitrogens with one attached hydrogen (secondary N) is 2. The summed E-state index contributed by atoms with van der Waals surface area (Å²) in [5.41, 5.74) is 4.53. The van der Waals surface area contributed by atoms with E-state index in [1.807, 2.05) is 91.0 Å². The molecule has 2 heterocycles. The highest BCUT2D eigenvalue weighted by Crippen LogP contribution is 2.31. The maximum absolute atomic E-state index is 12.7. The van der Waals surface area contributed by atoms with Crippen LogP contribution in [0.5, 0.6) is 0 Å². The first-order valence-corrected chi connectivity index (χ1v) is 10.9. The van der Waals surface area contributed by atoms with Crippen molar-refractivity contribution in [2.75, 3.05) is 0 Å². The van der Waals surface area contributed by atoms with Gasteiger partial charge in [0.2, 0.25) is 0 Å². The van der Waals surface area contributed by atoms with Gasteiger partial charge in [-0.15, -0.1) is 0 Å². The van der Waals surface area contributed by atoms with Gasteiger partial charge in [-0.1, -0.05) is 78.9 Å². The van der Waals surface area contributed by atoms with Gasteiger partial charge < -0.3 is 0 Å². The molecule has 0 fully saturated rings. The molecule has 0 saturated heterocycles. The maximum Gasteiger partial charge on any atom is 0.272 e.